The number of nitrogens with one attached hydrogen (secondary N) is 1. The molecule has 1 N–H and O–H groups in total. The molecule has 0 saturated carbocycles. The lowest BCUT2D eigenvalue weighted by atomic mass is 10.2. The van der Waals surface area contributed by atoms with Gasteiger partial charge in [0.05, 0.1) is 12.1 Å². The Bertz CT molecular complexity index is 1210. The topological polar surface area (TPSA) is 73.6 Å². The summed E-state index contributed by atoms with van der Waals surface area (Å²) in [4.78, 5) is 16.7. The molecule has 1 amide bonds. The molecule has 6 nitrogen and oxygen atoms in total. The Morgan fingerprint density at radius 1 is 1.13 bits per heavy atom. The van der Waals surface area contributed by atoms with Crippen LogP contribution in [-0.2, 0) is 4.79 Å². The van der Waals surface area contributed by atoms with Crippen LogP contribution in [0.1, 0.15) is 0 Å². The first kappa shape index (κ1) is 20.3. The van der Waals surface area contributed by atoms with Crippen molar-refractivity contribution in [3.63, 3.8) is 0 Å². The molecule has 8 heteroatoms. The molecule has 0 aliphatic heterocycles. The predicted molar refractivity (Wildman–Crippen MR) is 119 cm³/mol. The zero-order valence-corrected chi connectivity index (χ0v) is 18.2. The summed E-state index contributed by atoms with van der Waals surface area (Å²) in [6, 6.07) is 17.8. The summed E-state index contributed by atoms with van der Waals surface area (Å²) in [6.45, 7) is -0.103. The van der Waals surface area contributed by atoms with E-state index in [1.807, 2.05) is 18.2 Å². The van der Waals surface area contributed by atoms with E-state index < -0.39 is 0 Å². The summed E-state index contributed by atoms with van der Waals surface area (Å²) in [5.41, 5.74) is 2.54. The Balaban J connectivity index is 1.46. The van der Waals surface area contributed by atoms with Crippen molar-refractivity contribution in [2.75, 3.05) is 19.0 Å². The molecule has 0 aliphatic carbocycles. The maximum atomic E-state index is 12.2. The first-order valence-corrected chi connectivity index (χ1v) is 10.1. The van der Waals surface area contributed by atoms with Gasteiger partial charge in [-0.1, -0.05) is 27.5 Å². The van der Waals surface area contributed by atoms with E-state index in [1.54, 1.807) is 49.6 Å². The Morgan fingerprint density at radius 2 is 1.93 bits per heavy atom. The number of aromatic nitrogens is 1. The third-order valence-electron chi connectivity index (χ3n) is 4.25. The molecule has 0 atom stereocenters. The number of benzene rings is 3. The third-order valence-corrected chi connectivity index (χ3v) is 5.08. The molecule has 152 valence electrons. The van der Waals surface area contributed by atoms with E-state index in [1.165, 1.54) is 0 Å². The quantitative estimate of drug-likeness (QED) is 0.364. The van der Waals surface area contributed by atoms with E-state index in [2.05, 4.69) is 26.2 Å². The van der Waals surface area contributed by atoms with Crippen molar-refractivity contribution in [3.8, 4) is 23.0 Å². The van der Waals surface area contributed by atoms with Crippen molar-refractivity contribution in [2.45, 2.75) is 0 Å². The fraction of sp³-hybridized carbons (Fsp3) is 0.0909. The molecule has 0 bridgehead atoms. The fourth-order valence-electron chi connectivity index (χ4n) is 2.80. The molecule has 3 aromatic carbocycles. The highest BCUT2D eigenvalue weighted by molar-refractivity contribution is 9.10. The second-order valence-electron chi connectivity index (χ2n) is 6.34. The minimum atomic E-state index is -0.275. The highest BCUT2D eigenvalue weighted by Gasteiger charge is 2.12. The number of halogens is 2. The molecule has 0 radical (unpaired) electrons. The minimum Gasteiger partial charge on any atom is -0.495 e. The smallest absolute Gasteiger partial charge is 0.262 e. The van der Waals surface area contributed by atoms with Gasteiger partial charge in [-0.2, -0.15) is 0 Å². The molecule has 0 saturated heterocycles. The monoisotopic (exact) mass is 486 g/mol. The zero-order chi connectivity index (χ0) is 21.1. The zero-order valence-electron chi connectivity index (χ0n) is 15.8. The van der Waals surface area contributed by atoms with Gasteiger partial charge in [-0.05, 0) is 60.7 Å². The molecule has 1 heterocycles. The number of carbonyl (C=O) groups excluding carboxylic acids is 1. The molecule has 4 rings (SSSR count). The molecular weight excluding hydrogens is 472 g/mol. The van der Waals surface area contributed by atoms with Crippen molar-refractivity contribution in [2.24, 2.45) is 0 Å². The summed E-state index contributed by atoms with van der Waals surface area (Å²) >= 11 is 9.54. The van der Waals surface area contributed by atoms with Crippen LogP contribution in [0.4, 0.5) is 5.69 Å². The van der Waals surface area contributed by atoms with Gasteiger partial charge < -0.3 is 19.2 Å². The highest BCUT2D eigenvalue weighted by atomic mass is 79.9. The molecule has 4 aromatic rings. The van der Waals surface area contributed by atoms with Gasteiger partial charge >= 0.3 is 0 Å². The first-order chi connectivity index (χ1) is 14.5. The van der Waals surface area contributed by atoms with Gasteiger partial charge in [0.2, 0.25) is 5.89 Å². The number of rotatable bonds is 6. The normalized spacial score (nSPS) is 10.8. The molecule has 1 aromatic heterocycles. The van der Waals surface area contributed by atoms with Crippen molar-refractivity contribution in [1.29, 1.82) is 0 Å². The van der Waals surface area contributed by atoms with Crippen LogP contribution in [0.15, 0.2) is 69.6 Å². The maximum Gasteiger partial charge on any atom is 0.262 e. The van der Waals surface area contributed by atoms with E-state index in [9.17, 15) is 4.79 Å². The predicted octanol–water partition coefficient (Wildman–Crippen LogP) is 5.94. The van der Waals surface area contributed by atoms with Gasteiger partial charge in [0, 0.05) is 15.7 Å². The van der Waals surface area contributed by atoms with E-state index in [-0.39, 0.29) is 12.5 Å². The largest absolute Gasteiger partial charge is 0.495 e. The van der Waals surface area contributed by atoms with Gasteiger partial charge in [0.15, 0.2) is 12.2 Å². The number of hydrogen-bond donors (Lipinski definition) is 1. The summed E-state index contributed by atoms with van der Waals surface area (Å²) in [6.07, 6.45) is 0. The van der Waals surface area contributed by atoms with Gasteiger partial charge in [-0.3, -0.25) is 4.79 Å². The van der Waals surface area contributed by atoms with Crippen LogP contribution in [0.2, 0.25) is 5.02 Å². The Morgan fingerprint density at radius 3 is 2.67 bits per heavy atom. The molecule has 30 heavy (non-hydrogen) atoms. The number of fused-ring (bicyclic) bond motifs is 1. The number of methoxy groups -OCH3 is 1. The van der Waals surface area contributed by atoms with Gasteiger partial charge in [0.25, 0.3) is 5.91 Å². The summed E-state index contributed by atoms with van der Waals surface area (Å²) in [5, 5.41) is 3.26. The SMILES string of the molecule is COc1ccc(-c2nc3cc(NC(=O)COc4ccc(Br)cc4)ccc3o2)cc1Cl. The van der Waals surface area contributed by atoms with Crippen molar-refractivity contribution >= 4 is 50.2 Å². The first-order valence-electron chi connectivity index (χ1n) is 8.94. The number of hydrogen-bond acceptors (Lipinski definition) is 5. The van der Waals surface area contributed by atoms with E-state index >= 15 is 0 Å². The molecular formula is C22H16BrClN2O4. The van der Waals surface area contributed by atoms with Crippen LogP contribution in [0, 0.1) is 0 Å². The second-order valence-corrected chi connectivity index (χ2v) is 7.66. The lowest BCUT2D eigenvalue weighted by molar-refractivity contribution is -0.118. The van der Waals surface area contributed by atoms with E-state index in [0.29, 0.717) is 39.2 Å². The van der Waals surface area contributed by atoms with Gasteiger partial charge in [-0.15, -0.1) is 0 Å². The molecule has 0 aliphatic rings. The second kappa shape index (κ2) is 8.77. The highest BCUT2D eigenvalue weighted by Crippen LogP contribution is 2.32. The Kier molecular flexibility index (Phi) is 5.92. The van der Waals surface area contributed by atoms with Gasteiger partial charge in [0.1, 0.15) is 17.0 Å². The maximum absolute atomic E-state index is 12.2. The van der Waals surface area contributed by atoms with Crippen LogP contribution in [0.5, 0.6) is 11.5 Å². The number of ether oxygens (including phenoxy) is 2. The van der Waals surface area contributed by atoms with Gasteiger partial charge in [-0.25, -0.2) is 4.98 Å². The fourth-order valence-corrected chi connectivity index (χ4v) is 3.33. The lowest BCUT2D eigenvalue weighted by Gasteiger charge is -2.07. The van der Waals surface area contributed by atoms with Crippen molar-refractivity contribution in [1.82, 2.24) is 4.98 Å². The minimum absolute atomic E-state index is 0.103. The van der Waals surface area contributed by atoms with Crippen molar-refractivity contribution < 1.29 is 18.7 Å². The molecule has 0 fully saturated rings. The van der Waals surface area contributed by atoms with Crippen LogP contribution >= 0.6 is 27.5 Å². The van der Waals surface area contributed by atoms with Crippen LogP contribution < -0.4 is 14.8 Å². The van der Waals surface area contributed by atoms with E-state index in [4.69, 9.17) is 25.5 Å². The Hall–Kier alpha value is -3.03. The lowest BCUT2D eigenvalue weighted by Crippen LogP contribution is -2.20. The third kappa shape index (κ3) is 4.58. The average molecular weight is 488 g/mol. The Labute approximate surface area is 185 Å². The van der Waals surface area contributed by atoms with Crippen LogP contribution in [0.3, 0.4) is 0 Å². The van der Waals surface area contributed by atoms with E-state index in [0.717, 1.165) is 10.0 Å². The van der Waals surface area contributed by atoms with Crippen LogP contribution in [0.25, 0.3) is 22.6 Å². The summed E-state index contributed by atoms with van der Waals surface area (Å²) < 4.78 is 17.4. The standard InChI is InChI=1S/C22H16BrClN2O4/c1-28-19-8-2-13(10-17(19)24)22-26-18-11-15(5-9-20(18)30-22)25-21(27)12-29-16-6-3-14(23)4-7-16/h2-11H,12H2,1H3,(H,25,27). The number of anilines is 1. The summed E-state index contributed by atoms with van der Waals surface area (Å²) in [7, 11) is 1.56. The number of nitrogens with zero attached hydrogens (tertiary/aromatic N) is 1. The number of amides is 1. The van der Waals surface area contributed by atoms with Crippen LogP contribution in [-0.4, -0.2) is 24.6 Å². The van der Waals surface area contributed by atoms with Crippen molar-refractivity contribution in [3.05, 3.63) is 70.2 Å². The average Bonchev–Trinajstić information content (AvgIpc) is 3.17. The molecule has 0 unspecified atom stereocenters. The molecule has 0 spiro atoms. The number of oxazole rings is 1. The number of carbonyl (C=O) groups is 1. The summed E-state index contributed by atoms with van der Waals surface area (Å²) in [5.74, 6) is 1.34.